The number of hydrogen-bond donors (Lipinski definition) is 1. The highest BCUT2D eigenvalue weighted by atomic mass is 16.4. The lowest BCUT2D eigenvalue weighted by Gasteiger charge is -2.55. The number of nitriles is 4. The molecule has 0 saturated heterocycles. The van der Waals surface area contributed by atoms with Gasteiger partial charge in [-0.15, -0.1) is 0 Å². The van der Waals surface area contributed by atoms with Gasteiger partial charge in [-0.2, -0.15) is 21.0 Å². The molecule has 0 aliphatic heterocycles. The third kappa shape index (κ3) is 3.84. The van der Waals surface area contributed by atoms with Crippen LogP contribution in [0, 0.1) is 62.1 Å². The molecule has 4 aliphatic carbocycles. The molecule has 0 aromatic heterocycles. The van der Waals surface area contributed by atoms with Crippen LogP contribution >= 0.6 is 0 Å². The molecule has 1 aromatic rings. The van der Waals surface area contributed by atoms with E-state index in [-0.39, 0.29) is 27.7 Å². The standard InChI is InChI=1S/C31H32N4O2/c1-3-5-21-6-7-26(23(18-33)22(21)17-32)31(28(36)37)10-8-25(24(19-34)27(31)20-35)30-14-11-29(9-4-2,12-15-30)13-16-30/h6-8,10,27H,3-5,9,11-16H2,1-2H3,(H,36,37). The Morgan fingerprint density at radius 2 is 1.59 bits per heavy atom. The van der Waals surface area contributed by atoms with E-state index in [9.17, 15) is 30.9 Å². The number of rotatable bonds is 7. The Bertz CT molecular complexity index is 1330. The highest BCUT2D eigenvalue weighted by Gasteiger charge is 2.56. The molecule has 2 unspecified atom stereocenters. The summed E-state index contributed by atoms with van der Waals surface area (Å²) in [6.07, 6.45) is 13.0. The van der Waals surface area contributed by atoms with Crippen LogP contribution in [0.25, 0.3) is 0 Å². The lowest BCUT2D eigenvalue weighted by atomic mass is 9.49. The Labute approximate surface area is 219 Å². The number of carbonyl (C=O) groups is 1. The van der Waals surface area contributed by atoms with Gasteiger partial charge < -0.3 is 5.11 Å². The molecule has 3 fully saturated rings. The summed E-state index contributed by atoms with van der Waals surface area (Å²) in [6, 6.07) is 11.8. The van der Waals surface area contributed by atoms with Crippen molar-refractivity contribution in [1.82, 2.24) is 0 Å². The molecule has 2 atom stereocenters. The second kappa shape index (κ2) is 9.88. The maximum atomic E-state index is 13.0. The van der Waals surface area contributed by atoms with Crippen LogP contribution in [-0.2, 0) is 16.6 Å². The first-order valence-corrected chi connectivity index (χ1v) is 13.3. The summed E-state index contributed by atoms with van der Waals surface area (Å²) < 4.78 is 0. The van der Waals surface area contributed by atoms with E-state index in [2.05, 4.69) is 31.2 Å². The Morgan fingerprint density at radius 1 is 0.946 bits per heavy atom. The van der Waals surface area contributed by atoms with Crippen molar-refractivity contribution in [2.24, 2.45) is 16.7 Å². The summed E-state index contributed by atoms with van der Waals surface area (Å²) in [4.78, 5) is 13.0. The molecule has 2 bridgehead atoms. The molecule has 0 heterocycles. The Hall–Kier alpha value is -3.87. The van der Waals surface area contributed by atoms with Crippen LogP contribution in [-0.4, -0.2) is 11.1 Å². The van der Waals surface area contributed by atoms with E-state index in [1.54, 1.807) is 18.2 Å². The first-order chi connectivity index (χ1) is 17.8. The van der Waals surface area contributed by atoms with Crippen LogP contribution in [0.5, 0.6) is 0 Å². The molecular formula is C31H32N4O2. The molecule has 3 saturated carbocycles. The Morgan fingerprint density at radius 3 is 2.08 bits per heavy atom. The minimum absolute atomic E-state index is 0.0284. The smallest absolute Gasteiger partial charge is 0.319 e. The van der Waals surface area contributed by atoms with E-state index in [1.807, 2.05) is 6.92 Å². The molecule has 188 valence electrons. The van der Waals surface area contributed by atoms with E-state index >= 15 is 0 Å². The lowest BCUT2D eigenvalue weighted by Crippen LogP contribution is -2.47. The SMILES string of the molecule is CCCc1ccc(C2(C(=O)O)C=CC(C34CCC(CCC)(CC3)CC4)=C(C#N)C2C#N)c(C#N)c1C#N. The molecule has 37 heavy (non-hydrogen) atoms. The highest BCUT2D eigenvalue weighted by Crippen LogP contribution is 2.63. The number of carboxylic acids is 1. The fourth-order valence-electron chi connectivity index (χ4n) is 7.38. The number of aliphatic carboxylic acids is 1. The minimum atomic E-state index is -1.93. The maximum absolute atomic E-state index is 13.0. The molecule has 0 radical (unpaired) electrons. The van der Waals surface area contributed by atoms with Gasteiger partial charge in [-0.25, -0.2) is 0 Å². The largest absolute Gasteiger partial charge is 0.480 e. The average Bonchev–Trinajstić information content (AvgIpc) is 2.92. The van der Waals surface area contributed by atoms with Crippen molar-refractivity contribution in [3.63, 3.8) is 0 Å². The van der Waals surface area contributed by atoms with Crippen molar-refractivity contribution in [3.05, 3.63) is 57.7 Å². The lowest BCUT2D eigenvalue weighted by molar-refractivity contribution is -0.142. The highest BCUT2D eigenvalue weighted by molar-refractivity contribution is 5.89. The third-order valence-electron chi connectivity index (χ3n) is 9.38. The van der Waals surface area contributed by atoms with Gasteiger partial charge in [-0.05, 0) is 78.9 Å². The van der Waals surface area contributed by atoms with Gasteiger partial charge in [0.25, 0.3) is 0 Å². The predicted molar refractivity (Wildman–Crippen MR) is 138 cm³/mol. The first-order valence-electron chi connectivity index (χ1n) is 13.3. The molecule has 6 nitrogen and oxygen atoms in total. The zero-order chi connectivity index (χ0) is 26.8. The number of carboxylic acid groups (broad SMARTS) is 1. The second-order valence-corrected chi connectivity index (χ2v) is 11.0. The monoisotopic (exact) mass is 492 g/mol. The first kappa shape index (κ1) is 26.2. The fourth-order valence-corrected chi connectivity index (χ4v) is 7.38. The second-order valence-electron chi connectivity index (χ2n) is 11.0. The summed E-state index contributed by atoms with van der Waals surface area (Å²) in [6.45, 7) is 4.18. The van der Waals surface area contributed by atoms with Crippen molar-refractivity contribution < 1.29 is 9.90 Å². The van der Waals surface area contributed by atoms with Gasteiger partial charge in [0.2, 0.25) is 0 Å². The molecule has 0 amide bonds. The number of nitrogens with zero attached hydrogens (tertiary/aromatic N) is 4. The summed E-state index contributed by atoms with van der Waals surface area (Å²) in [5, 5.41) is 51.3. The van der Waals surface area contributed by atoms with Gasteiger partial charge >= 0.3 is 5.97 Å². The fraction of sp³-hybridized carbons (Fsp3) is 0.516. The molecule has 6 heteroatoms. The molecule has 4 aliphatic rings. The minimum Gasteiger partial charge on any atom is -0.480 e. The Kier molecular flexibility index (Phi) is 7.00. The van der Waals surface area contributed by atoms with Crippen molar-refractivity contribution in [3.8, 4) is 24.3 Å². The van der Waals surface area contributed by atoms with Crippen LogP contribution in [0.3, 0.4) is 0 Å². The summed E-state index contributed by atoms with van der Waals surface area (Å²) in [5.41, 5.74) is 0.0915. The van der Waals surface area contributed by atoms with Gasteiger partial charge in [-0.3, -0.25) is 4.79 Å². The zero-order valence-electron chi connectivity index (χ0n) is 21.6. The topological polar surface area (TPSA) is 132 Å². The summed E-state index contributed by atoms with van der Waals surface area (Å²) in [7, 11) is 0. The number of hydrogen-bond acceptors (Lipinski definition) is 5. The number of benzene rings is 1. The predicted octanol–water partition coefficient (Wildman–Crippen LogP) is 6.38. The normalized spacial score (nSPS) is 30.2. The van der Waals surface area contributed by atoms with Gasteiger partial charge in [0.1, 0.15) is 23.5 Å². The van der Waals surface area contributed by atoms with Gasteiger partial charge in [0, 0.05) is 0 Å². The third-order valence-corrected chi connectivity index (χ3v) is 9.38. The summed E-state index contributed by atoms with van der Waals surface area (Å²) in [5.74, 6) is -2.61. The van der Waals surface area contributed by atoms with Crippen LogP contribution in [0.15, 0.2) is 35.4 Å². The zero-order valence-corrected chi connectivity index (χ0v) is 21.6. The van der Waals surface area contributed by atoms with Gasteiger partial charge in [-0.1, -0.05) is 51.0 Å². The van der Waals surface area contributed by atoms with Gasteiger partial charge in [0.05, 0.1) is 28.8 Å². The maximum Gasteiger partial charge on any atom is 0.319 e. The van der Waals surface area contributed by atoms with E-state index in [0.717, 1.165) is 56.9 Å². The van der Waals surface area contributed by atoms with Crippen LogP contribution in [0.4, 0.5) is 0 Å². The molecule has 1 N–H and O–H groups in total. The van der Waals surface area contributed by atoms with Crippen LogP contribution in [0.1, 0.15) is 93.9 Å². The number of fused-ring (bicyclic) bond motifs is 3. The van der Waals surface area contributed by atoms with Crippen molar-refractivity contribution in [1.29, 1.82) is 21.0 Å². The Balaban J connectivity index is 1.89. The molecule has 1 aromatic carbocycles. The van der Waals surface area contributed by atoms with Crippen molar-refractivity contribution in [2.45, 2.75) is 83.5 Å². The molecule has 0 spiro atoms. The average molecular weight is 493 g/mol. The van der Waals surface area contributed by atoms with E-state index in [1.165, 1.54) is 12.5 Å². The van der Waals surface area contributed by atoms with Crippen LogP contribution in [0.2, 0.25) is 0 Å². The van der Waals surface area contributed by atoms with Crippen molar-refractivity contribution >= 4 is 5.97 Å². The van der Waals surface area contributed by atoms with E-state index in [0.29, 0.717) is 17.4 Å². The van der Waals surface area contributed by atoms with Crippen molar-refractivity contribution in [2.75, 3.05) is 0 Å². The summed E-state index contributed by atoms with van der Waals surface area (Å²) >= 11 is 0. The molecular weight excluding hydrogens is 460 g/mol. The number of allylic oxidation sites excluding steroid dienone is 3. The number of aryl methyl sites for hydroxylation is 1. The quantitative estimate of drug-likeness (QED) is 0.470. The molecule has 5 rings (SSSR count). The van der Waals surface area contributed by atoms with E-state index in [4.69, 9.17) is 0 Å². The van der Waals surface area contributed by atoms with E-state index < -0.39 is 17.3 Å². The van der Waals surface area contributed by atoms with Gasteiger partial charge in [0.15, 0.2) is 0 Å². The van der Waals surface area contributed by atoms with Crippen LogP contribution < -0.4 is 0 Å².